The normalized spacial score (nSPS) is 13.4. The summed E-state index contributed by atoms with van der Waals surface area (Å²) in [4.78, 5) is 11.0. The number of carbonyl (C=O) groups excluding carboxylic acids is 1. The van der Waals surface area contributed by atoms with E-state index in [4.69, 9.17) is 9.47 Å². The fraction of sp³-hybridized carbons (Fsp3) is 0.700. The van der Waals surface area contributed by atoms with E-state index in [0.29, 0.717) is 13.2 Å². The molecule has 0 bridgehead atoms. The number of carbonyl (C=O) groups is 1. The molecule has 82 valence electrons. The summed E-state index contributed by atoms with van der Waals surface area (Å²) in [6.07, 6.45) is 1.66. The number of halogens is 1. The monoisotopic (exact) mass is 264 g/mol. The molecule has 1 atom stereocenters. The lowest BCUT2D eigenvalue weighted by Gasteiger charge is -2.25. The maximum Gasteiger partial charge on any atom is 0.320 e. The van der Waals surface area contributed by atoms with Gasteiger partial charge < -0.3 is 9.47 Å². The average molecular weight is 265 g/mol. The Morgan fingerprint density at radius 3 is 2.64 bits per heavy atom. The summed E-state index contributed by atoms with van der Waals surface area (Å²) in [6, 6.07) is 0. The summed E-state index contributed by atoms with van der Waals surface area (Å²) in [5, 5.41) is 0. The van der Waals surface area contributed by atoms with Crippen LogP contribution in [0, 0.1) is 0 Å². The van der Waals surface area contributed by atoms with Gasteiger partial charge in [-0.05, 0) is 20.8 Å². The van der Waals surface area contributed by atoms with Crippen molar-refractivity contribution in [1.29, 1.82) is 0 Å². The minimum Gasteiger partial charge on any atom is -0.456 e. The predicted molar refractivity (Wildman–Crippen MR) is 59.6 cm³/mol. The molecular formula is C10H17BrO3. The standard InChI is InChI=1S/C10H17BrO3/c1-5-6-13-7-10(3,4)14-9(12)8(2)11/h5,8H,1,6-7H2,2-4H3. The molecular weight excluding hydrogens is 248 g/mol. The Morgan fingerprint density at radius 1 is 1.64 bits per heavy atom. The smallest absolute Gasteiger partial charge is 0.320 e. The first-order valence-electron chi connectivity index (χ1n) is 4.44. The Morgan fingerprint density at radius 2 is 2.21 bits per heavy atom. The molecule has 0 rings (SSSR count). The van der Waals surface area contributed by atoms with Gasteiger partial charge >= 0.3 is 5.97 Å². The van der Waals surface area contributed by atoms with Gasteiger partial charge in [-0.1, -0.05) is 22.0 Å². The number of alkyl halides is 1. The zero-order valence-electron chi connectivity index (χ0n) is 8.88. The number of esters is 1. The summed E-state index contributed by atoms with van der Waals surface area (Å²) < 4.78 is 10.4. The number of hydrogen-bond acceptors (Lipinski definition) is 3. The van der Waals surface area contributed by atoms with E-state index in [1.54, 1.807) is 13.0 Å². The van der Waals surface area contributed by atoms with Crippen molar-refractivity contribution in [3.63, 3.8) is 0 Å². The molecule has 1 unspecified atom stereocenters. The lowest BCUT2D eigenvalue weighted by molar-refractivity contribution is -0.160. The molecule has 0 fully saturated rings. The van der Waals surface area contributed by atoms with Crippen LogP contribution in [-0.4, -0.2) is 29.6 Å². The fourth-order valence-corrected chi connectivity index (χ4v) is 0.864. The van der Waals surface area contributed by atoms with Crippen LogP contribution >= 0.6 is 15.9 Å². The first kappa shape index (κ1) is 13.7. The molecule has 0 aliphatic heterocycles. The van der Waals surface area contributed by atoms with E-state index in [0.717, 1.165) is 0 Å². The van der Waals surface area contributed by atoms with Crippen LogP contribution in [-0.2, 0) is 14.3 Å². The van der Waals surface area contributed by atoms with Gasteiger partial charge in [0, 0.05) is 0 Å². The van der Waals surface area contributed by atoms with Gasteiger partial charge in [-0.2, -0.15) is 0 Å². The number of hydrogen-bond donors (Lipinski definition) is 0. The Hall–Kier alpha value is -0.350. The highest BCUT2D eigenvalue weighted by Crippen LogP contribution is 2.13. The molecule has 0 aromatic carbocycles. The molecule has 3 nitrogen and oxygen atoms in total. The molecule has 0 aromatic heterocycles. The van der Waals surface area contributed by atoms with Crippen molar-refractivity contribution in [2.45, 2.75) is 31.2 Å². The van der Waals surface area contributed by atoms with Crippen LogP contribution in [0.3, 0.4) is 0 Å². The van der Waals surface area contributed by atoms with Crippen molar-refractivity contribution in [1.82, 2.24) is 0 Å². The van der Waals surface area contributed by atoms with Gasteiger partial charge in [0.25, 0.3) is 0 Å². The minimum atomic E-state index is -0.595. The van der Waals surface area contributed by atoms with E-state index in [9.17, 15) is 4.79 Å². The van der Waals surface area contributed by atoms with Crippen molar-refractivity contribution in [2.24, 2.45) is 0 Å². The molecule has 0 saturated heterocycles. The molecule has 0 heterocycles. The third kappa shape index (κ3) is 6.16. The highest BCUT2D eigenvalue weighted by molar-refractivity contribution is 9.10. The summed E-state index contributed by atoms with van der Waals surface area (Å²) in [5.41, 5.74) is -0.595. The van der Waals surface area contributed by atoms with Crippen LogP contribution in [0.4, 0.5) is 0 Å². The summed E-state index contributed by atoms with van der Waals surface area (Å²) in [6.45, 7) is 9.70. The van der Waals surface area contributed by atoms with Crippen LogP contribution < -0.4 is 0 Å². The maximum atomic E-state index is 11.2. The van der Waals surface area contributed by atoms with Crippen LogP contribution in [0.25, 0.3) is 0 Å². The second-order valence-electron chi connectivity index (χ2n) is 3.60. The third-order valence-electron chi connectivity index (χ3n) is 1.39. The van der Waals surface area contributed by atoms with Crippen molar-refractivity contribution in [3.05, 3.63) is 12.7 Å². The second kappa shape index (κ2) is 6.19. The Labute approximate surface area is 93.6 Å². The van der Waals surface area contributed by atoms with Crippen LogP contribution in [0.15, 0.2) is 12.7 Å². The van der Waals surface area contributed by atoms with Crippen molar-refractivity contribution in [2.75, 3.05) is 13.2 Å². The molecule has 4 heteroatoms. The van der Waals surface area contributed by atoms with Gasteiger partial charge in [-0.3, -0.25) is 4.79 Å². The molecule has 0 radical (unpaired) electrons. The van der Waals surface area contributed by atoms with E-state index in [1.165, 1.54) is 0 Å². The SMILES string of the molecule is C=CCOCC(C)(C)OC(=O)C(C)Br. The Bertz CT molecular complexity index is 200. The molecule has 0 saturated carbocycles. The van der Waals surface area contributed by atoms with Crippen LogP contribution in [0.5, 0.6) is 0 Å². The number of rotatable bonds is 6. The van der Waals surface area contributed by atoms with Gasteiger partial charge in [-0.15, -0.1) is 6.58 Å². The zero-order valence-corrected chi connectivity index (χ0v) is 10.5. The summed E-state index contributed by atoms with van der Waals surface area (Å²) in [5.74, 6) is -0.280. The Balaban J connectivity index is 3.93. The molecule has 14 heavy (non-hydrogen) atoms. The lowest BCUT2D eigenvalue weighted by Crippen LogP contribution is -2.35. The predicted octanol–water partition coefficient (Wildman–Crippen LogP) is 2.29. The average Bonchev–Trinajstić information content (AvgIpc) is 2.03. The zero-order chi connectivity index (χ0) is 11.2. The number of ether oxygens (including phenoxy) is 2. The molecule has 0 aliphatic rings. The van der Waals surface area contributed by atoms with E-state index in [-0.39, 0.29) is 10.8 Å². The largest absolute Gasteiger partial charge is 0.456 e. The van der Waals surface area contributed by atoms with E-state index in [1.807, 2.05) is 13.8 Å². The highest BCUT2D eigenvalue weighted by atomic mass is 79.9. The van der Waals surface area contributed by atoms with Crippen LogP contribution in [0.1, 0.15) is 20.8 Å². The molecule has 0 N–H and O–H groups in total. The van der Waals surface area contributed by atoms with Gasteiger partial charge in [0.15, 0.2) is 0 Å². The van der Waals surface area contributed by atoms with E-state index in [2.05, 4.69) is 22.5 Å². The van der Waals surface area contributed by atoms with Gasteiger partial charge in [-0.25, -0.2) is 0 Å². The van der Waals surface area contributed by atoms with E-state index >= 15 is 0 Å². The molecule has 0 aromatic rings. The van der Waals surface area contributed by atoms with Gasteiger partial charge in [0.1, 0.15) is 10.4 Å². The van der Waals surface area contributed by atoms with Crippen LogP contribution in [0.2, 0.25) is 0 Å². The molecule has 0 aliphatic carbocycles. The highest BCUT2D eigenvalue weighted by Gasteiger charge is 2.24. The maximum absolute atomic E-state index is 11.2. The van der Waals surface area contributed by atoms with Crippen molar-refractivity contribution in [3.8, 4) is 0 Å². The first-order chi connectivity index (χ1) is 6.39. The third-order valence-corrected chi connectivity index (χ3v) is 1.76. The van der Waals surface area contributed by atoms with Crippen molar-refractivity contribution < 1.29 is 14.3 Å². The van der Waals surface area contributed by atoms with E-state index < -0.39 is 5.60 Å². The van der Waals surface area contributed by atoms with Gasteiger partial charge in [0.05, 0.1) is 13.2 Å². The van der Waals surface area contributed by atoms with Crippen molar-refractivity contribution >= 4 is 21.9 Å². The quantitative estimate of drug-likeness (QED) is 0.320. The lowest BCUT2D eigenvalue weighted by atomic mass is 10.1. The molecule has 0 amide bonds. The minimum absolute atomic E-state index is 0.280. The summed E-state index contributed by atoms with van der Waals surface area (Å²) in [7, 11) is 0. The molecule has 0 spiro atoms. The Kier molecular flexibility index (Phi) is 6.04. The van der Waals surface area contributed by atoms with Gasteiger partial charge in [0.2, 0.25) is 0 Å². The summed E-state index contributed by atoms with van der Waals surface area (Å²) >= 11 is 3.14. The topological polar surface area (TPSA) is 35.5 Å². The fourth-order valence-electron chi connectivity index (χ4n) is 0.771. The first-order valence-corrected chi connectivity index (χ1v) is 5.36. The second-order valence-corrected chi connectivity index (χ2v) is 4.97.